The van der Waals surface area contributed by atoms with E-state index in [0.717, 1.165) is 5.56 Å². The van der Waals surface area contributed by atoms with Crippen molar-refractivity contribution in [3.05, 3.63) is 96.6 Å². The molecule has 0 aliphatic heterocycles. The van der Waals surface area contributed by atoms with Crippen LogP contribution in [0.2, 0.25) is 0 Å². The summed E-state index contributed by atoms with van der Waals surface area (Å²) in [6.07, 6.45) is 0. The molecule has 0 aromatic heterocycles. The van der Waals surface area contributed by atoms with E-state index in [0.29, 0.717) is 4.20 Å². The van der Waals surface area contributed by atoms with Crippen molar-refractivity contribution < 1.29 is 0 Å². The van der Waals surface area contributed by atoms with E-state index in [9.17, 15) is 0 Å². The molecule has 0 saturated heterocycles. The maximum absolute atomic E-state index is 5.19. The number of benzene rings is 5. The summed E-state index contributed by atoms with van der Waals surface area (Å²) in [7, 11) is 0. The van der Waals surface area contributed by atoms with Gasteiger partial charge in [0.25, 0.3) is 0 Å². The van der Waals surface area contributed by atoms with Gasteiger partial charge < -0.3 is 0 Å². The van der Waals surface area contributed by atoms with Crippen molar-refractivity contribution in [2.75, 3.05) is 0 Å². The van der Waals surface area contributed by atoms with Crippen LogP contribution >= 0.6 is 24.8 Å². The molecule has 2 heteroatoms. The largest absolute Gasteiger partial charge is 0.131 e. The first kappa shape index (κ1) is 16.5. The van der Waals surface area contributed by atoms with Crippen LogP contribution in [0.15, 0.2) is 91.0 Å². The molecule has 0 nitrogen and oxygen atoms in total. The molecule has 5 rings (SSSR count). The second-order valence-electron chi connectivity index (χ2n) is 6.78. The summed E-state index contributed by atoms with van der Waals surface area (Å²) in [5.74, 6) is 0. The SMILES string of the molecule is S=C(S)c1ccc(-c2c3ccccc3cc3cc4ccccc4cc23)cc1. The second kappa shape index (κ2) is 6.49. The van der Waals surface area contributed by atoms with Crippen molar-refractivity contribution in [2.45, 2.75) is 0 Å². The van der Waals surface area contributed by atoms with Gasteiger partial charge in [-0.05, 0) is 67.2 Å². The van der Waals surface area contributed by atoms with Gasteiger partial charge in [0, 0.05) is 0 Å². The van der Waals surface area contributed by atoms with Crippen LogP contribution in [0.1, 0.15) is 5.56 Å². The van der Waals surface area contributed by atoms with E-state index in [1.54, 1.807) is 0 Å². The lowest BCUT2D eigenvalue weighted by Gasteiger charge is -2.14. The summed E-state index contributed by atoms with van der Waals surface area (Å²) >= 11 is 9.49. The van der Waals surface area contributed by atoms with Gasteiger partial charge >= 0.3 is 0 Å². The molecular weight excluding hydrogens is 364 g/mol. The van der Waals surface area contributed by atoms with Gasteiger partial charge in [-0.3, -0.25) is 0 Å². The molecule has 0 N–H and O–H groups in total. The Balaban J connectivity index is 1.91. The van der Waals surface area contributed by atoms with Gasteiger partial charge in [-0.15, -0.1) is 12.6 Å². The van der Waals surface area contributed by atoms with Gasteiger partial charge in [0.05, 0.1) is 4.20 Å². The lowest BCUT2D eigenvalue weighted by Crippen LogP contribution is -1.89. The highest BCUT2D eigenvalue weighted by Crippen LogP contribution is 2.38. The van der Waals surface area contributed by atoms with E-state index in [1.807, 2.05) is 0 Å². The minimum atomic E-state index is 0.621. The van der Waals surface area contributed by atoms with E-state index in [1.165, 1.54) is 43.4 Å². The second-order valence-corrected chi connectivity index (χ2v) is 7.93. The maximum Gasteiger partial charge on any atom is 0.0747 e. The molecule has 0 spiro atoms. The Morgan fingerprint density at radius 2 is 1.19 bits per heavy atom. The highest BCUT2D eigenvalue weighted by Gasteiger charge is 2.11. The summed E-state index contributed by atoms with van der Waals surface area (Å²) < 4.78 is 0.621. The third kappa shape index (κ3) is 2.82. The van der Waals surface area contributed by atoms with Crippen LogP contribution in [0.5, 0.6) is 0 Å². The first-order valence-electron chi connectivity index (χ1n) is 8.89. The molecule has 0 unspecified atom stereocenters. The molecule has 5 aromatic rings. The Labute approximate surface area is 168 Å². The zero-order valence-electron chi connectivity index (χ0n) is 14.5. The fraction of sp³-hybridized carbons (Fsp3) is 0. The third-order valence-electron chi connectivity index (χ3n) is 5.15. The van der Waals surface area contributed by atoms with E-state index < -0.39 is 0 Å². The third-order valence-corrected chi connectivity index (χ3v) is 5.64. The Morgan fingerprint density at radius 1 is 0.593 bits per heavy atom. The normalized spacial score (nSPS) is 11.3. The summed E-state index contributed by atoms with van der Waals surface area (Å²) in [6.45, 7) is 0. The molecule has 0 fully saturated rings. The first-order valence-corrected chi connectivity index (χ1v) is 9.74. The molecule has 0 aliphatic rings. The molecule has 0 radical (unpaired) electrons. The summed E-state index contributed by atoms with van der Waals surface area (Å²) in [5.41, 5.74) is 3.44. The van der Waals surface area contributed by atoms with Gasteiger partial charge in [-0.2, -0.15) is 0 Å². The van der Waals surface area contributed by atoms with Crippen molar-refractivity contribution in [3.8, 4) is 11.1 Å². The minimum absolute atomic E-state index is 0.621. The van der Waals surface area contributed by atoms with E-state index in [-0.39, 0.29) is 0 Å². The van der Waals surface area contributed by atoms with Crippen LogP contribution in [0.25, 0.3) is 43.4 Å². The van der Waals surface area contributed by atoms with Crippen molar-refractivity contribution in [3.63, 3.8) is 0 Å². The highest BCUT2D eigenvalue weighted by atomic mass is 32.1. The molecule has 0 bridgehead atoms. The van der Waals surface area contributed by atoms with Gasteiger partial charge in [0.15, 0.2) is 0 Å². The summed E-state index contributed by atoms with van der Waals surface area (Å²) in [6, 6.07) is 32.4. The Hall–Kier alpha value is -2.68. The molecule has 0 aliphatic carbocycles. The lowest BCUT2D eigenvalue weighted by atomic mass is 9.90. The standard InChI is InChI=1S/C25H16S2/c26-25(27)17-11-9-16(10-12-17)24-22-8-4-3-7-20(22)14-21-13-18-5-1-2-6-19(18)15-23(21)24/h1-15H,(H,26,27). The number of thiocarbonyl (C=S) groups is 1. The van der Waals surface area contributed by atoms with Crippen LogP contribution in [0.3, 0.4) is 0 Å². The van der Waals surface area contributed by atoms with Crippen LogP contribution in [0.4, 0.5) is 0 Å². The quantitative estimate of drug-likeness (QED) is 0.189. The lowest BCUT2D eigenvalue weighted by molar-refractivity contribution is 1.66. The maximum atomic E-state index is 5.19. The van der Waals surface area contributed by atoms with Crippen LogP contribution in [0, 0.1) is 0 Å². The van der Waals surface area contributed by atoms with Crippen molar-refractivity contribution >= 4 is 61.4 Å². The predicted octanol–water partition coefficient (Wildman–Crippen LogP) is 7.42. The number of fused-ring (bicyclic) bond motifs is 3. The molecule has 0 saturated carbocycles. The van der Waals surface area contributed by atoms with E-state index in [2.05, 4.69) is 104 Å². The minimum Gasteiger partial charge on any atom is -0.131 e. The number of thiol groups is 1. The number of hydrogen-bond donors (Lipinski definition) is 1. The number of rotatable bonds is 2. The molecule has 0 atom stereocenters. The molecular formula is C25H16S2. The van der Waals surface area contributed by atoms with Crippen molar-refractivity contribution in [1.82, 2.24) is 0 Å². The summed E-state index contributed by atoms with van der Waals surface area (Å²) in [5, 5.41) is 7.58. The van der Waals surface area contributed by atoms with Crippen molar-refractivity contribution in [2.24, 2.45) is 0 Å². The fourth-order valence-corrected chi connectivity index (χ4v) is 4.13. The Bertz CT molecular complexity index is 1330. The Morgan fingerprint density at radius 3 is 1.89 bits per heavy atom. The van der Waals surface area contributed by atoms with Gasteiger partial charge in [0.1, 0.15) is 0 Å². The zero-order chi connectivity index (χ0) is 18.4. The van der Waals surface area contributed by atoms with Crippen molar-refractivity contribution in [1.29, 1.82) is 0 Å². The zero-order valence-corrected chi connectivity index (χ0v) is 16.2. The van der Waals surface area contributed by atoms with E-state index in [4.69, 9.17) is 12.2 Å². The number of hydrogen-bond acceptors (Lipinski definition) is 1. The topological polar surface area (TPSA) is 0 Å². The molecule has 5 aromatic carbocycles. The predicted molar refractivity (Wildman–Crippen MR) is 125 cm³/mol. The molecule has 0 amide bonds. The monoisotopic (exact) mass is 380 g/mol. The molecule has 128 valence electrons. The average molecular weight is 381 g/mol. The Kier molecular flexibility index (Phi) is 3.96. The smallest absolute Gasteiger partial charge is 0.0747 e. The van der Waals surface area contributed by atoms with E-state index >= 15 is 0 Å². The highest BCUT2D eigenvalue weighted by molar-refractivity contribution is 8.11. The van der Waals surface area contributed by atoms with Crippen LogP contribution < -0.4 is 0 Å². The fourth-order valence-electron chi connectivity index (χ4n) is 3.85. The van der Waals surface area contributed by atoms with Gasteiger partial charge in [-0.1, -0.05) is 85.0 Å². The molecule has 27 heavy (non-hydrogen) atoms. The summed E-state index contributed by atoms with van der Waals surface area (Å²) in [4.78, 5) is 0. The average Bonchev–Trinajstić information content (AvgIpc) is 2.70. The molecule has 0 heterocycles. The van der Waals surface area contributed by atoms with Gasteiger partial charge in [0.2, 0.25) is 0 Å². The van der Waals surface area contributed by atoms with Crippen LogP contribution in [-0.2, 0) is 0 Å². The van der Waals surface area contributed by atoms with Gasteiger partial charge in [-0.25, -0.2) is 0 Å². The van der Waals surface area contributed by atoms with Crippen LogP contribution in [-0.4, -0.2) is 4.20 Å². The first-order chi connectivity index (χ1) is 13.2.